The highest BCUT2D eigenvalue weighted by Crippen LogP contribution is 2.26. The number of hydrogen-bond acceptors (Lipinski definition) is 4. The zero-order valence-electron chi connectivity index (χ0n) is 14.2. The molecule has 0 heterocycles. The van der Waals surface area contributed by atoms with Gasteiger partial charge < -0.3 is 0 Å². The Morgan fingerprint density at radius 3 is 2.57 bits per heavy atom. The highest BCUT2D eigenvalue weighted by atomic mass is 32.2. The molecule has 0 radical (unpaired) electrons. The Bertz CT molecular complexity index is 543. The normalized spacial score (nSPS) is 11.7. The van der Waals surface area contributed by atoms with Gasteiger partial charge >= 0.3 is 0 Å². The smallest absolute Gasteiger partial charge is 0.102 e. The monoisotopic (exact) mass is 346 g/mol. The maximum Gasteiger partial charge on any atom is 0.102 e. The number of rotatable bonds is 11. The lowest BCUT2D eigenvalue weighted by molar-refractivity contribution is 0.499. The summed E-state index contributed by atoms with van der Waals surface area (Å²) in [5.74, 6) is 4.32. The molecule has 0 N–H and O–H groups in total. The molecule has 4 heteroatoms. The van der Waals surface area contributed by atoms with Gasteiger partial charge in [-0.1, -0.05) is 39.2 Å². The fourth-order valence-corrected chi connectivity index (χ4v) is 4.77. The molecule has 0 fully saturated rings. The predicted molar refractivity (Wildman–Crippen MR) is 102 cm³/mol. The van der Waals surface area contributed by atoms with Crippen molar-refractivity contribution in [2.75, 3.05) is 17.3 Å². The van der Waals surface area contributed by atoms with Crippen LogP contribution in [0.2, 0.25) is 0 Å². The minimum absolute atomic E-state index is 0.480. The molecule has 23 heavy (non-hydrogen) atoms. The molecule has 0 aliphatic rings. The molecule has 0 bridgehead atoms. The predicted octanol–water partition coefficient (Wildman–Crippen LogP) is 5.86. The first kappa shape index (κ1) is 19.9. The average Bonchev–Trinajstić information content (AvgIpc) is 2.59. The van der Waals surface area contributed by atoms with Crippen LogP contribution in [0, 0.1) is 28.6 Å². The summed E-state index contributed by atoms with van der Waals surface area (Å²) in [4.78, 5) is 0.936. The minimum Gasteiger partial charge on any atom is -0.192 e. The molecule has 124 valence electrons. The van der Waals surface area contributed by atoms with E-state index in [1.54, 1.807) is 17.8 Å². The molecule has 1 aromatic carbocycles. The van der Waals surface area contributed by atoms with Crippen molar-refractivity contribution in [2.45, 2.75) is 50.8 Å². The van der Waals surface area contributed by atoms with Gasteiger partial charge in [0.15, 0.2) is 0 Å². The summed E-state index contributed by atoms with van der Waals surface area (Å²) >= 11 is 3.75. The van der Waals surface area contributed by atoms with Crippen LogP contribution in [0.3, 0.4) is 0 Å². The van der Waals surface area contributed by atoms with Crippen molar-refractivity contribution >= 4 is 23.5 Å². The first-order valence-electron chi connectivity index (χ1n) is 8.40. The number of unbranched alkanes of at least 4 members (excludes halogenated alkanes) is 1. The van der Waals surface area contributed by atoms with Crippen molar-refractivity contribution in [1.82, 2.24) is 0 Å². The Kier molecular flexibility index (Phi) is 10.7. The number of benzene rings is 1. The molecule has 0 aromatic heterocycles. The average molecular weight is 347 g/mol. The van der Waals surface area contributed by atoms with E-state index < -0.39 is 0 Å². The topological polar surface area (TPSA) is 47.6 Å². The van der Waals surface area contributed by atoms with E-state index in [1.165, 1.54) is 37.2 Å². The van der Waals surface area contributed by atoms with E-state index in [2.05, 4.69) is 37.7 Å². The summed E-state index contributed by atoms with van der Waals surface area (Å²) < 4.78 is 0. The molecule has 0 saturated heterocycles. The van der Waals surface area contributed by atoms with Gasteiger partial charge in [0.05, 0.1) is 11.1 Å². The van der Waals surface area contributed by atoms with Crippen LogP contribution in [0.15, 0.2) is 23.1 Å². The molecule has 0 aliphatic carbocycles. The third kappa shape index (κ3) is 7.34. The largest absolute Gasteiger partial charge is 0.192 e. The van der Waals surface area contributed by atoms with Gasteiger partial charge in [-0.25, -0.2) is 0 Å². The van der Waals surface area contributed by atoms with Crippen LogP contribution in [0.1, 0.15) is 57.1 Å². The van der Waals surface area contributed by atoms with Crippen LogP contribution in [-0.2, 0) is 0 Å². The Balaban J connectivity index is 2.28. The summed E-state index contributed by atoms with van der Waals surface area (Å²) in [6.07, 6.45) is 6.43. The first-order valence-corrected chi connectivity index (χ1v) is 10.5. The van der Waals surface area contributed by atoms with Gasteiger partial charge in [0.1, 0.15) is 12.1 Å². The van der Waals surface area contributed by atoms with Crippen molar-refractivity contribution in [3.63, 3.8) is 0 Å². The zero-order valence-corrected chi connectivity index (χ0v) is 15.8. The van der Waals surface area contributed by atoms with Gasteiger partial charge in [-0.05, 0) is 48.2 Å². The number of nitriles is 2. The molecule has 1 atom stereocenters. The van der Waals surface area contributed by atoms with Crippen molar-refractivity contribution in [2.24, 2.45) is 5.92 Å². The van der Waals surface area contributed by atoms with Gasteiger partial charge in [0, 0.05) is 4.90 Å². The molecule has 0 saturated carbocycles. The van der Waals surface area contributed by atoms with E-state index in [0.717, 1.165) is 23.0 Å². The fourth-order valence-electron chi connectivity index (χ4n) is 2.35. The molecule has 0 aliphatic heterocycles. The Morgan fingerprint density at radius 1 is 1.09 bits per heavy atom. The molecule has 1 rings (SSSR count). The highest BCUT2D eigenvalue weighted by Gasteiger charge is 2.08. The maximum absolute atomic E-state index is 9.21. The standard InChI is InChI=1S/C19H26N2S2/c1-3-5-8-16(4-2)15-22-11-7-12-23-19-10-6-9-17(13-20)18(19)14-21/h6,9-10,16H,3-5,7-8,11-12,15H2,1-2H3. The number of thioether (sulfide) groups is 2. The van der Waals surface area contributed by atoms with Crippen molar-refractivity contribution < 1.29 is 0 Å². The van der Waals surface area contributed by atoms with E-state index in [0.29, 0.717) is 11.1 Å². The molecule has 0 spiro atoms. The van der Waals surface area contributed by atoms with E-state index in [1.807, 2.05) is 12.1 Å². The van der Waals surface area contributed by atoms with Crippen LogP contribution in [0.5, 0.6) is 0 Å². The lowest BCUT2D eigenvalue weighted by Gasteiger charge is -2.13. The summed E-state index contributed by atoms with van der Waals surface area (Å²) in [5.41, 5.74) is 1.01. The van der Waals surface area contributed by atoms with Gasteiger partial charge in [0.25, 0.3) is 0 Å². The second kappa shape index (κ2) is 12.3. The minimum atomic E-state index is 0.480. The molecular weight excluding hydrogens is 320 g/mol. The molecular formula is C19H26N2S2. The van der Waals surface area contributed by atoms with Crippen LogP contribution in [-0.4, -0.2) is 17.3 Å². The van der Waals surface area contributed by atoms with Gasteiger partial charge in [-0.3, -0.25) is 0 Å². The summed E-state index contributed by atoms with van der Waals surface area (Å²) in [7, 11) is 0. The van der Waals surface area contributed by atoms with E-state index in [9.17, 15) is 5.26 Å². The van der Waals surface area contributed by atoms with Crippen molar-refractivity contribution in [1.29, 1.82) is 10.5 Å². The lowest BCUT2D eigenvalue weighted by atomic mass is 10.0. The van der Waals surface area contributed by atoms with Crippen molar-refractivity contribution in [3.05, 3.63) is 29.3 Å². The Labute approximate surface area is 149 Å². The van der Waals surface area contributed by atoms with Crippen LogP contribution >= 0.6 is 23.5 Å². The van der Waals surface area contributed by atoms with Crippen LogP contribution in [0.4, 0.5) is 0 Å². The lowest BCUT2D eigenvalue weighted by Crippen LogP contribution is -2.03. The van der Waals surface area contributed by atoms with E-state index >= 15 is 0 Å². The highest BCUT2D eigenvalue weighted by molar-refractivity contribution is 8.00. The fraction of sp³-hybridized carbons (Fsp3) is 0.579. The zero-order chi connectivity index (χ0) is 16.9. The van der Waals surface area contributed by atoms with Crippen molar-refractivity contribution in [3.8, 4) is 12.1 Å². The molecule has 2 nitrogen and oxygen atoms in total. The molecule has 1 unspecified atom stereocenters. The van der Waals surface area contributed by atoms with Gasteiger partial charge in [0.2, 0.25) is 0 Å². The second-order valence-electron chi connectivity index (χ2n) is 5.60. The quantitative estimate of drug-likeness (QED) is 0.372. The summed E-state index contributed by atoms with van der Waals surface area (Å²) in [6.45, 7) is 4.55. The van der Waals surface area contributed by atoms with Crippen LogP contribution < -0.4 is 0 Å². The molecule has 0 amide bonds. The Morgan fingerprint density at radius 2 is 1.91 bits per heavy atom. The number of hydrogen-bond donors (Lipinski definition) is 0. The summed E-state index contributed by atoms with van der Waals surface area (Å²) in [6, 6.07) is 9.76. The summed E-state index contributed by atoms with van der Waals surface area (Å²) in [5, 5.41) is 18.3. The number of nitrogens with zero attached hydrogens (tertiary/aromatic N) is 2. The molecule has 1 aromatic rings. The second-order valence-corrected chi connectivity index (χ2v) is 7.88. The van der Waals surface area contributed by atoms with Crippen LogP contribution in [0.25, 0.3) is 0 Å². The Hall–Kier alpha value is -1.10. The third-order valence-corrected chi connectivity index (χ3v) is 6.27. The maximum atomic E-state index is 9.21. The van der Waals surface area contributed by atoms with E-state index in [-0.39, 0.29) is 0 Å². The third-order valence-electron chi connectivity index (χ3n) is 3.85. The van der Waals surface area contributed by atoms with Gasteiger partial charge in [-0.15, -0.1) is 11.8 Å². The SMILES string of the molecule is CCCCC(CC)CSCCCSc1cccc(C#N)c1C#N. The first-order chi connectivity index (χ1) is 11.3. The van der Waals surface area contributed by atoms with E-state index in [4.69, 9.17) is 5.26 Å². The van der Waals surface area contributed by atoms with Gasteiger partial charge in [-0.2, -0.15) is 22.3 Å².